The number of aromatic nitrogens is 5. The highest BCUT2D eigenvalue weighted by molar-refractivity contribution is 7.16. The molecule has 3 heterocycles. The van der Waals surface area contributed by atoms with Crippen LogP contribution in [0, 0.1) is 20.8 Å². The number of hydrogen-bond donors (Lipinski definition) is 1. The fourth-order valence-electron chi connectivity index (χ4n) is 2.50. The zero-order chi connectivity index (χ0) is 16.4. The summed E-state index contributed by atoms with van der Waals surface area (Å²) < 4.78 is 3.70. The van der Waals surface area contributed by atoms with E-state index in [1.165, 1.54) is 0 Å². The van der Waals surface area contributed by atoms with Crippen molar-refractivity contribution < 1.29 is 4.79 Å². The molecule has 0 radical (unpaired) electrons. The summed E-state index contributed by atoms with van der Waals surface area (Å²) in [6.45, 7) is 7.15. The largest absolute Gasteiger partial charge is 0.350 e. The van der Waals surface area contributed by atoms with Crippen molar-refractivity contribution in [1.29, 1.82) is 0 Å². The van der Waals surface area contributed by atoms with E-state index >= 15 is 0 Å². The maximum atomic E-state index is 11.9. The lowest BCUT2D eigenvalue weighted by molar-refractivity contribution is -0.121. The summed E-state index contributed by atoms with van der Waals surface area (Å²) in [5.74, 6) is 0.0343. The molecule has 3 aromatic heterocycles. The van der Waals surface area contributed by atoms with Crippen molar-refractivity contribution in [2.45, 2.75) is 46.7 Å². The van der Waals surface area contributed by atoms with Gasteiger partial charge in [-0.1, -0.05) is 11.3 Å². The number of imidazole rings is 1. The zero-order valence-corrected chi connectivity index (χ0v) is 14.4. The second-order valence-corrected chi connectivity index (χ2v) is 6.77. The standard InChI is InChI=1S/C15H20N6OS/c1-10-7-11(2)20(18-10)6-4-5-14(22)16-8-13-9-21-15(17-13)23-12(3)19-21/h7,9H,4-6,8H2,1-3H3,(H,16,22). The summed E-state index contributed by atoms with van der Waals surface area (Å²) in [5.41, 5.74) is 2.97. The highest BCUT2D eigenvalue weighted by Crippen LogP contribution is 2.13. The van der Waals surface area contributed by atoms with E-state index in [0.29, 0.717) is 13.0 Å². The number of hydrogen-bond acceptors (Lipinski definition) is 5. The fraction of sp³-hybridized carbons (Fsp3) is 0.467. The number of nitrogens with one attached hydrogen (secondary N) is 1. The van der Waals surface area contributed by atoms with Crippen molar-refractivity contribution in [1.82, 2.24) is 29.7 Å². The maximum Gasteiger partial charge on any atom is 0.220 e. The third-order valence-electron chi connectivity index (χ3n) is 3.54. The van der Waals surface area contributed by atoms with Crippen molar-refractivity contribution in [2.75, 3.05) is 0 Å². The molecule has 0 aliphatic carbocycles. The quantitative estimate of drug-likeness (QED) is 0.749. The van der Waals surface area contributed by atoms with Gasteiger partial charge in [-0.3, -0.25) is 9.48 Å². The van der Waals surface area contributed by atoms with Crippen LogP contribution >= 0.6 is 11.3 Å². The van der Waals surface area contributed by atoms with Crippen LogP contribution in [0.25, 0.3) is 4.96 Å². The van der Waals surface area contributed by atoms with Crippen LogP contribution < -0.4 is 5.32 Å². The van der Waals surface area contributed by atoms with Crippen LogP contribution in [-0.2, 0) is 17.9 Å². The van der Waals surface area contributed by atoms with Gasteiger partial charge in [0.05, 0.1) is 24.1 Å². The molecule has 0 saturated heterocycles. The molecule has 8 heteroatoms. The van der Waals surface area contributed by atoms with Crippen molar-refractivity contribution in [3.05, 3.63) is 34.4 Å². The molecule has 0 saturated carbocycles. The van der Waals surface area contributed by atoms with Gasteiger partial charge in [-0.2, -0.15) is 10.2 Å². The lowest BCUT2D eigenvalue weighted by Gasteiger charge is -2.05. The highest BCUT2D eigenvalue weighted by Gasteiger charge is 2.08. The third-order valence-corrected chi connectivity index (χ3v) is 4.38. The van der Waals surface area contributed by atoms with E-state index in [-0.39, 0.29) is 5.91 Å². The van der Waals surface area contributed by atoms with E-state index in [4.69, 9.17) is 0 Å². The number of carbonyl (C=O) groups is 1. The van der Waals surface area contributed by atoms with Gasteiger partial charge >= 0.3 is 0 Å². The lowest BCUT2D eigenvalue weighted by atomic mass is 10.3. The molecule has 0 aromatic carbocycles. The summed E-state index contributed by atoms with van der Waals surface area (Å²) in [4.78, 5) is 17.2. The molecule has 0 aliphatic rings. The molecule has 0 bridgehead atoms. The van der Waals surface area contributed by atoms with Crippen molar-refractivity contribution in [2.24, 2.45) is 0 Å². The Hall–Kier alpha value is -2.22. The number of rotatable bonds is 6. The first-order valence-electron chi connectivity index (χ1n) is 7.61. The second-order valence-electron chi connectivity index (χ2n) is 5.61. The Bertz CT molecular complexity index is 799. The van der Waals surface area contributed by atoms with Gasteiger partial charge < -0.3 is 5.32 Å². The average molecular weight is 332 g/mol. The van der Waals surface area contributed by atoms with Crippen LogP contribution in [0.15, 0.2) is 12.3 Å². The Morgan fingerprint density at radius 2 is 2.13 bits per heavy atom. The Balaban J connectivity index is 1.44. The van der Waals surface area contributed by atoms with E-state index < -0.39 is 0 Å². The highest BCUT2D eigenvalue weighted by atomic mass is 32.1. The Morgan fingerprint density at radius 3 is 2.83 bits per heavy atom. The molecule has 0 aliphatic heterocycles. The smallest absolute Gasteiger partial charge is 0.220 e. The van der Waals surface area contributed by atoms with E-state index in [1.54, 1.807) is 15.9 Å². The van der Waals surface area contributed by atoms with Crippen LogP contribution in [0.3, 0.4) is 0 Å². The minimum atomic E-state index is 0.0343. The SMILES string of the molecule is Cc1cc(C)n(CCCC(=O)NCc2cn3nc(C)sc3n2)n1. The molecule has 1 amide bonds. The zero-order valence-electron chi connectivity index (χ0n) is 13.5. The van der Waals surface area contributed by atoms with Crippen LogP contribution in [-0.4, -0.2) is 30.3 Å². The molecule has 3 aromatic rings. The molecule has 7 nitrogen and oxygen atoms in total. The first-order chi connectivity index (χ1) is 11.0. The van der Waals surface area contributed by atoms with Gasteiger partial charge in [-0.05, 0) is 33.3 Å². The predicted molar refractivity (Wildman–Crippen MR) is 88.4 cm³/mol. The summed E-state index contributed by atoms with van der Waals surface area (Å²) in [7, 11) is 0. The molecule has 3 rings (SSSR count). The van der Waals surface area contributed by atoms with Gasteiger partial charge in [0, 0.05) is 18.7 Å². The minimum Gasteiger partial charge on any atom is -0.350 e. The maximum absolute atomic E-state index is 11.9. The summed E-state index contributed by atoms with van der Waals surface area (Å²) in [6, 6.07) is 2.04. The second kappa shape index (κ2) is 6.49. The molecule has 0 fully saturated rings. The van der Waals surface area contributed by atoms with E-state index in [0.717, 1.165) is 40.0 Å². The van der Waals surface area contributed by atoms with Crippen LogP contribution in [0.4, 0.5) is 0 Å². The first kappa shape index (κ1) is 15.7. The number of aryl methyl sites for hydroxylation is 4. The molecule has 23 heavy (non-hydrogen) atoms. The Morgan fingerprint density at radius 1 is 1.30 bits per heavy atom. The van der Waals surface area contributed by atoms with Gasteiger partial charge in [0.15, 0.2) is 0 Å². The van der Waals surface area contributed by atoms with Crippen molar-refractivity contribution >= 4 is 22.2 Å². The molecule has 0 atom stereocenters. The number of nitrogens with zero attached hydrogens (tertiary/aromatic N) is 5. The Kier molecular flexibility index (Phi) is 4.42. The normalized spacial score (nSPS) is 11.3. The molecule has 122 valence electrons. The molecule has 0 unspecified atom stereocenters. The van der Waals surface area contributed by atoms with E-state index in [2.05, 4.69) is 20.5 Å². The monoisotopic (exact) mass is 332 g/mol. The average Bonchev–Trinajstić information content (AvgIpc) is 3.09. The minimum absolute atomic E-state index is 0.0343. The third kappa shape index (κ3) is 3.76. The van der Waals surface area contributed by atoms with Crippen molar-refractivity contribution in [3.63, 3.8) is 0 Å². The van der Waals surface area contributed by atoms with Gasteiger partial charge in [0.1, 0.15) is 5.01 Å². The van der Waals surface area contributed by atoms with Gasteiger partial charge in [0.2, 0.25) is 10.9 Å². The van der Waals surface area contributed by atoms with Gasteiger partial charge in [0.25, 0.3) is 0 Å². The van der Waals surface area contributed by atoms with Crippen LogP contribution in [0.2, 0.25) is 0 Å². The molecular weight excluding hydrogens is 312 g/mol. The topological polar surface area (TPSA) is 77.1 Å². The molecule has 1 N–H and O–H groups in total. The van der Waals surface area contributed by atoms with Crippen LogP contribution in [0.5, 0.6) is 0 Å². The summed E-state index contributed by atoms with van der Waals surface area (Å²) in [5, 5.41) is 12.6. The summed E-state index contributed by atoms with van der Waals surface area (Å²) >= 11 is 1.54. The molecular formula is C15H20N6OS. The number of carbonyl (C=O) groups excluding carboxylic acids is 1. The number of fused-ring (bicyclic) bond motifs is 1. The van der Waals surface area contributed by atoms with Crippen molar-refractivity contribution in [3.8, 4) is 0 Å². The fourth-order valence-corrected chi connectivity index (χ4v) is 3.24. The Labute approximate surface area is 138 Å². The first-order valence-corrected chi connectivity index (χ1v) is 8.42. The van der Waals surface area contributed by atoms with Gasteiger partial charge in [-0.25, -0.2) is 9.50 Å². The van der Waals surface area contributed by atoms with Crippen LogP contribution in [0.1, 0.15) is 34.9 Å². The predicted octanol–water partition coefficient (Wildman–Crippen LogP) is 2.01. The number of amides is 1. The van der Waals surface area contributed by atoms with E-state index in [1.807, 2.05) is 37.7 Å². The van der Waals surface area contributed by atoms with Gasteiger partial charge in [-0.15, -0.1) is 0 Å². The molecule has 0 spiro atoms. The lowest BCUT2D eigenvalue weighted by Crippen LogP contribution is -2.23. The van der Waals surface area contributed by atoms with E-state index in [9.17, 15) is 4.79 Å². The summed E-state index contributed by atoms with van der Waals surface area (Å²) in [6.07, 6.45) is 3.11.